The number of benzene rings is 2. The molecule has 0 saturated carbocycles. The van der Waals surface area contributed by atoms with Crippen LogP contribution in [-0.4, -0.2) is 27.8 Å². The number of thioether (sulfide) groups is 1. The van der Waals surface area contributed by atoms with Crippen molar-refractivity contribution in [3.63, 3.8) is 0 Å². The highest BCUT2D eigenvalue weighted by molar-refractivity contribution is 9.10. The fraction of sp³-hybridized carbons (Fsp3) is 0.158. The van der Waals surface area contributed by atoms with Crippen molar-refractivity contribution in [2.24, 2.45) is 0 Å². The molecule has 3 rings (SSSR count). The molecule has 1 heterocycles. The van der Waals surface area contributed by atoms with Gasteiger partial charge < -0.3 is 5.32 Å². The minimum Gasteiger partial charge on any atom is -0.330 e. The lowest BCUT2D eigenvalue weighted by molar-refractivity contribution is -0.119. The molecule has 0 aliphatic heterocycles. The number of carbonyl (C=O) groups is 2. The van der Waals surface area contributed by atoms with Crippen LogP contribution in [-0.2, 0) is 4.79 Å². The molecule has 0 unspecified atom stereocenters. The first-order valence-corrected chi connectivity index (χ1v) is 11.2. The van der Waals surface area contributed by atoms with Gasteiger partial charge in [-0.3, -0.25) is 20.4 Å². The van der Waals surface area contributed by atoms with Gasteiger partial charge in [-0.1, -0.05) is 45.1 Å². The number of halogens is 1. The second-order valence-corrected chi connectivity index (χ2v) is 9.21. The number of anilines is 2. The molecule has 0 radical (unpaired) electrons. The van der Waals surface area contributed by atoms with E-state index >= 15 is 0 Å². The van der Waals surface area contributed by atoms with Crippen molar-refractivity contribution in [3.05, 3.63) is 63.6 Å². The van der Waals surface area contributed by atoms with E-state index in [4.69, 9.17) is 0 Å². The Morgan fingerprint density at radius 3 is 2.52 bits per heavy atom. The van der Waals surface area contributed by atoms with Gasteiger partial charge in [-0.15, -0.1) is 10.2 Å². The Kier molecular flexibility index (Phi) is 7.24. The smallest absolute Gasteiger partial charge is 0.269 e. The van der Waals surface area contributed by atoms with Crippen molar-refractivity contribution in [3.8, 4) is 0 Å². The average Bonchev–Trinajstić information content (AvgIpc) is 3.15. The van der Waals surface area contributed by atoms with Crippen LogP contribution in [0.4, 0.5) is 10.8 Å². The Morgan fingerprint density at radius 2 is 1.79 bits per heavy atom. The van der Waals surface area contributed by atoms with Crippen LogP contribution in [0.3, 0.4) is 0 Å². The van der Waals surface area contributed by atoms with Crippen LogP contribution in [0.5, 0.6) is 0 Å². The zero-order chi connectivity index (χ0) is 20.8. The van der Waals surface area contributed by atoms with Gasteiger partial charge in [0.05, 0.1) is 5.75 Å². The lowest BCUT2D eigenvalue weighted by Crippen LogP contribution is -2.42. The number of aromatic nitrogens is 2. The molecule has 0 spiro atoms. The molecule has 3 aromatic rings. The number of carbonyl (C=O) groups excluding carboxylic acids is 2. The first-order valence-electron chi connectivity index (χ1n) is 8.56. The van der Waals surface area contributed by atoms with Crippen LogP contribution < -0.4 is 16.2 Å². The van der Waals surface area contributed by atoms with E-state index in [1.165, 1.54) is 34.2 Å². The van der Waals surface area contributed by atoms with Crippen molar-refractivity contribution in [1.29, 1.82) is 0 Å². The summed E-state index contributed by atoms with van der Waals surface area (Å²) in [6.45, 7) is 4.11. The van der Waals surface area contributed by atoms with E-state index in [0.29, 0.717) is 15.0 Å². The summed E-state index contributed by atoms with van der Waals surface area (Å²) in [7, 11) is 0. The van der Waals surface area contributed by atoms with Crippen LogP contribution in [0.25, 0.3) is 0 Å². The van der Waals surface area contributed by atoms with Gasteiger partial charge in [0.25, 0.3) is 5.91 Å². The molecule has 3 N–H and O–H groups in total. The number of rotatable bonds is 6. The fourth-order valence-corrected chi connectivity index (χ4v) is 4.06. The Labute approximate surface area is 184 Å². The third-order valence-electron chi connectivity index (χ3n) is 3.91. The van der Waals surface area contributed by atoms with E-state index in [-0.39, 0.29) is 17.6 Å². The normalized spacial score (nSPS) is 10.4. The number of nitrogens with zero attached hydrogens (tertiary/aromatic N) is 2. The molecular formula is C19H18BrN5O2S2. The van der Waals surface area contributed by atoms with E-state index in [1.54, 1.807) is 24.3 Å². The van der Waals surface area contributed by atoms with Crippen LogP contribution in [0.2, 0.25) is 0 Å². The van der Waals surface area contributed by atoms with Gasteiger partial charge >= 0.3 is 0 Å². The topological polar surface area (TPSA) is 96.0 Å². The molecule has 0 aliphatic carbocycles. The summed E-state index contributed by atoms with van der Waals surface area (Å²) < 4.78 is 1.53. The second kappa shape index (κ2) is 9.86. The van der Waals surface area contributed by atoms with E-state index in [0.717, 1.165) is 10.2 Å². The SMILES string of the molecule is Cc1ccc(Nc2nnc(SCC(=O)NNC(=O)c3ccc(Br)cc3)s2)cc1C. The average molecular weight is 492 g/mol. The van der Waals surface area contributed by atoms with Crippen LogP contribution in [0, 0.1) is 13.8 Å². The number of hydrazine groups is 1. The quantitative estimate of drug-likeness (QED) is 0.353. The molecule has 2 amide bonds. The molecule has 10 heteroatoms. The Hall–Kier alpha value is -2.43. The molecule has 7 nitrogen and oxygen atoms in total. The maximum atomic E-state index is 12.0. The molecule has 2 aromatic carbocycles. The number of hydrogen-bond donors (Lipinski definition) is 3. The maximum Gasteiger partial charge on any atom is 0.269 e. The van der Waals surface area contributed by atoms with Crippen molar-refractivity contribution < 1.29 is 9.59 Å². The van der Waals surface area contributed by atoms with Crippen molar-refractivity contribution in [1.82, 2.24) is 21.0 Å². The highest BCUT2D eigenvalue weighted by Gasteiger charge is 2.10. The molecule has 29 heavy (non-hydrogen) atoms. The summed E-state index contributed by atoms with van der Waals surface area (Å²) in [6, 6.07) is 12.9. The van der Waals surface area contributed by atoms with E-state index in [9.17, 15) is 9.59 Å². The lowest BCUT2D eigenvalue weighted by atomic mass is 10.1. The zero-order valence-corrected chi connectivity index (χ0v) is 18.9. The van der Waals surface area contributed by atoms with Crippen molar-refractivity contribution in [2.45, 2.75) is 18.2 Å². The van der Waals surface area contributed by atoms with Gasteiger partial charge in [0, 0.05) is 15.7 Å². The number of hydrogen-bond acceptors (Lipinski definition) is 7. The van der Waals surface area contributed by atoms with E-state index < -0.39 is 0 Å². The van der Waals surface area contributed by atoms with Gasteiger partial charge in [0.2, 0.25) is 11.0 Å². The van der Waals surface area contributed by atoms with E-state index in [2.05, 4.69) is 56.1 Å². The lowest BCUT2D eigenvalue weighted by Gasteiger charge is -2.06. The third kappa shape index (κ3) is 6.28. The monoisotopic (exact) mass is 491 g/mol. The van der Waals surface area contributed by atoms with Gasteiger partial charge in [0.15, 0.2) is 4.34 Å². The zero-order valence-electron chi connectivity index (χ0n) is 15.7. The van der Waals surface area contributed by atoms with Crippen LogP contribution in [0.15, 0.2) is 51.3 Å². The largest absolute Gasteiger partial charge is 0.330 e. The first-order chi connectivity index (χ1) is 13.9. The minimum absolute atomic E-state index is 0.110. The number of amides is 2. The molecule has 0 saturated heterocycles. The minimum atomic E-state index is -0.383. The number of nitrogens with one attached hydrogen (secondary N) is 3. The second-order valence-electron chi connectivity index (χ2n) is 6.10. The predicted octanol–water partition coefficient (Wildman–Crippen LogP) is 4.21. The number of aryl methyl sites for hydroxylation is 2. The van der Waals surface area contributed by atoms with Crippen molar-refractivity contribution in [2.75, 3.05) is 11.1 Å². The Morgan fingerprint density at radius 1 is 1.03 bits per heavy atom. The standard InChI is InChI=1S/C19H18BrN5O2S2/c1-11-3-8-15(9-12(11)2)21-18-24-25-19(29-18)28-10-16(26)22-23-17(27)13-4-6-14(20)7-5-13/h3-9H,10H2,1-2H3,(H,21,24)(H,22,26)(H,23,27). The van der Waals surface area contributed by atoms with Crippen molar-refractivity contribution >= 4 is 61.7 Å². The third-order valence-corrected chi connectivity index (χ3v) is 6.41. The molecule has 0 atom stereocenters. The maximum absolute atomic E-state index is 12.0. The Bertz CT molecular complexity index is 1020. The Balaban J connectivity index is 1.45. The first kappa shape index (κ1) is 21.3. The van der Waals surface area contributed by atoms with Gasteiger partial charge in [-0.25, -0.2) is 0 Å². The summed E-state index contributed by atoms with van der Waals surface area (Å²) in [4.78, 5) is 23.9. The molecule has 0 aliphatic rings. The summed E-state index contributed by atoms with van der Waals surface area (Å²) in [5.41, 5.74) is 8.59. The van der Waals surface area contributed by atoms with Gasteiger partial charge in [-0.05, 0) is 61.4 Å². The summed E-state index contributed by atoms with van der Waals surface area (Å²) in [6.07, 6.45) is 0. The van der Waals surface area contributed by atoms with Crippen LogP contribution >= 0.6 is 39.0 Å². The molecule has 0 fully saturated rings. The highest BCUT2D eigenvalue weighted by atomic mass is 79.9. The molecular weight excluding hydrogens is 474 g/mol. The highest BCUT2D eigenvalue weighted by Crippen LogP contribution is 2.28. The van der Waals surface area contributed by atoms with Crippen LogP contribution in [0.1, 0.15) is 21.5 Å². The van der Waals surface area contributed by atoms with E-state index in [1.807, 2.05) is 18.2 Å². The predicted molar refractivity (Wildman–Crippen MR) is 120 cm³/mol. The summed E-state index contributed by atoms with van der Waals surface area (Å²) in [5.74, 6) is -0.607. The van der Waals surface area contributed by atoms with Gasteiger partial charge in [-0.2, -0.15) is 0 Å². The fourth-order valence-electron chi connectivity index (χ4n) is 2.22. The summed E-state index contributed by atoms with van der Waals surface area (Å²) in [5, 5.41) is 12.0. The molecule has 0 bridgehead atoms. The summed E-state index contributed by atoms with van der Waals surface area (Å²) >= 11 is 5.92. The molecule has 1 aromatic heterocycles. The molecule has 150 valence electrons. The van der Waals surface area contributed by atoms with Gasteiger partial charge in [0.1, 0.15) is 0 Å².